The van der Waals surface area contributed by atoms with Gasteiger partial charge in [0.2, 0.25) is 5.91 Å². The molecule has 0 aliphatic carbocycles. The maximum Gasteiger partial charge on any atom is 0.239 e. The molecule has 2 aromatic heterocycles. The summed E-state index contributed by atoms with van der Waals surface area (Å²) in [6, 6.07) is 5.73. The van der Waals surface area contributed by atoms with E-state index in [1.54, 1.807) is 7.05 Å². The lowest BCUT2D eigenvalue weighted by atomic mass is 10.4. The molecule has 0 fully saturated rings. The summed E-state index contributed by atoms with van der Waals surface area (Å²) in [7, 11) is 1.65. The van der Waals surface area contributed by atoms with Crippen molar-refractivity contribution < 1.29 is 4.79 Å². The normalized spacial score (nSPS) is 11.5. The van der Waals surface area contributed by atoms with E-state index in [-0.39, 0.29) is 12.5 Å². The van der Waals surface area contributed by atoms with Gasteiger partial charge < -0.3 is 16.0 Å². The molecule has 0 saturated carbocycles. The molecule has 0 aliphatic heterocycles. The second kappa shape index (κ2) is 7.96. The number of fused-ring (bicyclic) bond motifs is 1. The van der Waals surface area contributed by atoms with Crippen molar-refractivity contribution in [1.82, 2.24) is 30.5 Å². The van der Waals surface area contributed by atoms with Crippen LogP contribution in [0.1, 0.15) is 19.2 Å². The Hall–Kier alpha value is -2.64. The molecule has 2 rings (SSSR count). The molecule has 22 heavy (non-hydrogen) atoms. The molecule has 0 aromatic carbocycles. The predicted molar refractivity (Wildman–Crippen MR) is 84.5 cm³/mol. The summed E-state index contributed by atoms with van der Waals surface area (Å²) in [6.07, 6.45) is 2.82. The molecule has 1 amide bonds. The van der Waals surface area contributed by atoms with Gasteiger partial charge in [-0.3, -0.25) is 14.2 Å². The van der Waals surface area contributed by atoms with Gasteiger partial charge >= 0.3 is 0 Å². The Balaban J connectivity index is 1.85. The van der Waals surface area contributed by atoms with Crippen molar-refractivity contribution in [3.63, 3.8) is 0 Å². The Kier molecular flexibility index (Phi) is 5.70. The minimum absolute atomic E-state index is 0.0577. The summed E-state index contributed by atoms with van der Waals surface area (Å²) in [6.45, 7) is 3.33. The summed E-state index contributed by atoms with van der Waals surface area (Å²) in [5, 5.41) is 17.1. The maximum absolute atomic E-state index is 11.5. The van der Waals surface area contributed by atoms with Gasteiger partial charge in [-0.25, -0.2) is 0 Å². The number of carbonyl (C=O) groups excluding carboxylic acids is 1. The van der Waals surface area contributed by atoms with Crippen LogP contribution in [0.25, 0.3) is 5.65 Å². The van der Waals surface area contributed by atoms with Crippen molar-refractivity contribution in [2.24, 2.45) is 4.99 Å². The van der Waals surface area contributed by atoms with E-state index in [0.29, 0.717) is 19.0 Å². The van der Waals surface area contributed by atoms with Crippen LogP contribution in [0.5, 0.6) is 0 Å². The fourth-order valence-corrected chi connectivity index (χ4v) is 1.89. The van der Waals surface area contributed by atoms with Crippen LogP contribution in [0.2, 0.25) is 0 Å². The smallest absolute Gasteiger partial charge is 0.239 e. The lowest BCUT2D eigenvalue weighted by Gasteiger charge is -2.11. The van der Waals surface area contributed by atoms with Crippen LogP contribution in [0, 0.1) is 0 Å². The number of nitrogens with one attached hydrogen (secondary N) is 3. The second-order valence-electron chi connectivity index (χ2n) is 4.67. The molecule has 118 valence electrons. The van der Waals surface area contributed by atoms with Crippen molar-refractivity contribution in [2.45, 2.75) is 19.9 Å². The van der Waals surface area contributed by atoms with Gasteiger partial charge in [0.15, 0.2) is 17.4 Å². The highest BCUT2D eigenvalue weighted by Gasteiger charge is 2.06. The topological polar surface area (TPSA) is 95.7 Å². The van der Waals surface area contributed by atoms with Gasteiger partial charge in [-0.15, -0.1) is 10.2 Å². The van der Waals surface area contributed by atoms with Crippen molar-refractivity contribution in [1.29, 1.82) is 0 Å². The van der Waals surface area contributed by atoms with E-state index < -0.39 is 0 Å². The van der Waals surface area contributed by atoms with Crippen LogP contribution in [0.4, 0.5) is 0 Å². The molecule has 0 aliphatic rings. The number of amides is 1. The third-order valence-electron chi connectivity index (χ3n) is 3.01. The van der Waals surface area contributed by atoms with Crippen LogP contribution < -0.4 is 16.0 Å². The first-order valence-corrected chi connectivity index (χ1v) is 7.24. The molecule has 3 N–H and O–H groups in total. The van der Waals surface area contributed by atoms with Gasteiger partial charge in [-0.2, -0.15) is 0 Å². The lowest BCUT2D eigenvalue weighted by Crippen LogP contribution is -2.43. The van der Waals surface area contributed by atoms with Gasteiger partial charge in [0, 0.05) is 19.8 Å². The average molecular weight is 303 g/mol. The summed E-state index contributed by atoms with van der Waals surface area (Å²) >= 11 is 0. The Morgan fingerprint density at radius 1 is 1.27 bits per heavy atom. The van der Waals surface area contributed by atoms with E-state index in [2.05, 4.69) is 31.1 Å². The Bertz CT molecular complexity index is 649. The monoisotopic (exact) mass is 303 g/mol. The average Bonchev–Trinajstić information content (AvgIpc) is 2.96. The summed E-state index contributed by atoms with van der Waals surface area (Å²) in [4.78, 5) is 15.6. The number of nitrogens with zero attached hydrogens (tertiary/aromatic N) is 4. The van der Waals surface area contributed by atoms with E-state index in [1.165, 1.54) is 0 Å². The molecule has 0 unspecified atom stereocenters. The molecular weight excluding hydrogens is 282 g/mol. The largest absolute Gasteiger partial charge is 0.355 e. The first kappa shape index (κ1) is 15.7. The first-order valence-electron chi connectivity index (χ1n) is 7.24. The molecule has 8 heteroatoms. The first-order chi connectivity index (χ1) is 10.7. The van der Waals surface area contributed by atoms with E-state index in [1.807, 2.05) is 35.7 Å². The molecule has 0 bridgehead atoms. The van der Waals surface area contributed by atoms with Gasteiger partial charge in [-0.05, 0) is 18.6 Å². The summed E-state index contributed by atoms with van der Waals surface area (Å²) < 4.78 is 1.90. The number of aromatic nitrogens is 3. The number of pyridine rings is 1. The minimum atomic E-state index is -0.0577. The Morgan fingerprint density at radius 3 is 2.91 bits per heavy atom. The number of rotatable bonds is 6. The highest BCUT2D eigenvalue weighted by atomic mass is 16.1. The SMILES string of the molecule is CCCNC(=O)CNC(=NC)NCc1nnc2ccccn12. The number of guanidine groups is 1. The van der Waals surface area contributed by atoms with Crippen molar-refractivity contribution in [3.8, 4) is 0 Å². The molecule has 2 aromatic rings. The Morgan fingerprint density at radius 2 is 2.14 bits per heavy atom. The maximum atomic E-state index is 11.5. The molecule has 0 saturated heterocycles. The minimum Gasteiger partial charge on any atom is -0.355 e. The van der Waals surface area contributed by atoms with E-state index in [0.717, 1.165) is 17.9 Å². The number of hydrogen-bond acceptors (Lipinski definition) is 4. The van der Waals surface area contributed by atoms with Gasteiger partial charge in [0.25, 0.3) is 0 Å². The molecular formula is C14H21N7O. The third kappa shape index (κ3) is 4.18. The van der Waals surface area contributed by atoms with Crippen LogP contribution in [-0.2, 0) is 11.3 Å². The third-order valence-corrected chi connectivity index (χ3v) is 3.01. The van der Waals surface area contributed by atoms with Gasteiger partial charge in [-0.1, -0.05) is 13.0 Å². The Labute approximate surface area is 129 Å². The van der Waals surface area contributed by atoms with Crippen molar-refractivity contribution in [3.05, 3.63) is 30.2 Å². The van der Waals surface area contributed by atoms with Gasteiger partial charge in [0.05, 0.1) is 13.1 Å². The van der Waals surface area contributed by atoms with Crippen LogP contribution in [-0.4, -0.2) is 46.6 Å². The predicted octanol–water partition coefficient (Wildman–Crippen LogP) is -0.0795. The number of aliphatic imine (C=N–C) groups is 1. The van der Waals surface area contributed by atoms with Crippen LogP contribution >= 0.6 is 0 Å². The van der Waals surface area contributed by atoms with Gasteiger partial charge in [0.1, 0.15) is 0 Å². The van der Waals surface area contributed by atoms with E-state index in [9.17, 15) is 4.79 Å². The number of carbonyl (C=O) groups is 1. The molecule has 2 heterocycles. The number of hydrogen-bond donors (Lipinski definition) is 3. The van der Waals surface area contributed by atoms with Crippen molar-refractivity contribution >= 4 is 17.5 Å². The molecule has 0 radical (unpaired) electrons. The molecule has 8 nitrogen and oxygen atoms in total. The van der Waals surface area contributed by atoms with Crippen LogP contribution in [0.15, 0.2) is 29.4 Å². The van der Waals surface area contributed by atoms with E-state index in [4.69, 9.17) is 0 Å². The zero-order valence-electron chi connectivity index (χ0n) is 12.8. The fraction of sp³-hybridized carbons (Fsp3) is 0.429. The molecule has 0 atom stereocenters. The zero-order chi connectivity index (χ0) is 15.8. The quantitative estimate of drug-likeness (QED) is 0.512. The highest BCUT2D eigenvalue weighted by Crippen LogP contribution is 2.01. The highest BCUT2D eigenvalue weighted by molar-refractivity contribution is 5.86. The lowest BCUT2D eigenvalue weighted by molar-refractivity contribution is -0.120. The second-order valence-corrected chi connectivity index (χ2v) is 4.67. The standard InChI is InChI=1S/C14H21N7O/c1-3-7-16-13(22)10-18-14(15-2)17-9-12-20-19-11-6-4-5-8-21(11)12/h4-6,8H,3,7,9-10H2,1-2H3,(H,16,22)(H2,15,17,18). The van der Waals surface area contributed by atoms with Crippen molar-refractivity contribution in [2.75, 3.05) is 20.1 Å². The van der Waals surface area contributed by atoms with E-state index >= 15 is 0 Å². The van der Waals surface area contributed by atoms with Crippen LogP contribution in [0.3, 0.4) is 0 Å². The molecule has 0 spiro atoms. The fourth-order valence-electron chi connectivity index (χ4n) is 1.89. The summed E-state index contributed by atoms with van der Waals surface area (Å²) in [5.41, 5.74) is 0.793. The zero-order valence-corrected chi connectivity index (χ0v) is 12.8. The summed E-state index contributed by atoms with van der Waals surface area (Å²) in [5.74, 6) is 1.26.